The smallest absolute Gasteiger partial charge is 0.257 e. The minimum absolute atomic E-state index is 0.0780. The topological polar surface area (TPSA) is 71.1 Å². The fourth-order valence-electron chi connectivity index (χ4n) is 2.49. The van der Waals surface area contributed by atoms with Crippen LogP contribution in [0.1, 0.15) is 15.9 Å². The van der Waals surface area contributed by atoms with Crippen LogP contribution < -0.4 is 10.6 Å². The van der Waals surface area contributed by atoms with E-state index in [0.29, 0.717) is 20.9 Å². The number of carbonyl (C=O) groups is 2. The lowest BCUT2D eigenvalue weighted by Crippen LogP contribution is -2.11. The lowest BCUT2D eigenvalue weighted by atomic mass is 10.1. The van der Waals surface area contributed by atoms with Crippen molar-refractivity contribution in [3.63, 3.8) is 0 Å². The maximum absolute atomic E-state index is 13.2. The zero-order chi connectivity index (χ0) is 16.0. The Hall–Kier alpha value is -2.80. The molecule has 0 aliphatic carbocycles. The summed E-state index contributed by atoms with van der Waals surface area (Å²) in [5.41, 5.74) is 2.62. The van der Waals surface area contributed by atoms with E-state index in [9.17, 15) is 14.0 Å². The normalized spacial score (nSPS) is 13.0. The fraction of sp³-hybridized carbons (Fsp3) is 0.0625. The van der Waals surface area contributed by atoms with Gasteiger partial charge in [0.15, 0.2) is 5.13 Å². The molecule has 2 aromatic carbocycles. The van der Waals surface area contributed by atoms with Crippen molar-refractivity contribution in [3.8, 4) is 0 Å². The first-order chi connectivity index (χ1) is 11.1. The van der Waals surface area contributed by atoms with Crippen LogP contribution in [0.25, 0.3) is 10.2 Å². The van der Waals surface area contributed by atoms with Gasteiger partial charge in [-0.1, -0.05) is 11.3 Å². The third kappa shape index (κ3) is 2.55. The molecule has 7 heteroatoms. The van der Waals surface area contributed by atoms with Gasteiger partial charge < -0.3 is 5.32 Å². The van der Waals surface area contributed by atoms with Crippen LogP contribution in [0.2, 0.25) is 0 Å². The average molecular weight is 327 g/mol. The van der Waals surface area contributed by atoms with Gasteiger partial charge in [0.25, 0.3) is 5.91 Å². The first-order valence-corrected chi connectivity index (χ1v) is 7.70. The highest BCUT2D eigenvalue weighted by Crippen LogP contribution is 2.28. The number of hydrogen-bond donors (Lipinski definition) is 2. The second-order valence-corrected chi connectivity index (χ2v) is 6.21. The number of hydrogen-bond acceptors (Lipinski definition) is 4. The molecule has 0 bridgehead atoms. The Morgan fingerprint density at radius 3 is 3.00 bits per heavy atom. The Balaban J connectivity index is 1.59. The molecule has 0 saturated carbocycles. The summed E-state index contributed by atoms with van der Waals surface area (Å²) >= 11 is 1.21. The van der Waals surface area contributed by atoms with E-state index in [0.717, 1.165) is 11.3 Å². The second kappa shape index (κ2) is 5.13. The molecule has 0 radical (unpaired) electrons. The maximum Gasteiger partial charge on any atom is 0.257 e. The minimum Gasteiger partial charge on any atom is -0.326 e. The number of nitrogens with one attached hydrogen (secondary N) is 2. The van der Waals surface area contributed by atoms with E-state index in [1.807, 2.05) is 0 Å². The molecule has 3 aromatic rings. The zero-order valence-corrected chi connectivity index (χ0v) is 12.5. The van der Waals surface area contributed by atoms with E-state index in [1.165, 1.54) is 23.5 Å². The summed E-state index contributed by atoms with van der Waals surface area (Å²) in [6, 6.07) is 9.34. The molecule has 0 atom stereocenters. The van der Waals surface area contributed by atoms with E-state index >= 15 is 0 Å². The average Bonchev–Trinajstić information content (AvgIpc) is 3.07. The molecule has 0 fully saturated rings. The number of thiazole rings is 1. The number of aromatic nitrogens is 1. The predicted molar refractivity (Wildman–Crippen MR) is 86.3 cm³/mol. The number of nitrogens with zero attached hydrogens (tertiary/aromatic N) is 1. The Morgan fingerprint density at radius 1 is 1.26 bits per heavy atom. The van der Waals surface area contributed by atoms with Gasteiger partial charge in [-0.3, -0.25) is 14.9 Å². The third-order valence-electron chi connectivity index (χ3n) is 3.56. The highest BCUT2D eigenvalue weighted by atomic mass is 32.1. The Labute approximate surface area is 134 Å². The van der Waals surface area contributed by atoms with Gasteiger partial charge in [0, 0.05) is 11.3 Å². The zero-order valence-electron chi connectivity index (χ0n) is 11.7. The first kappa shape index (κ1) is 13.8. The number of rotatable bonds is 2. The quantitative estimate of drug-likeness (QED) is 0.759. The molecular formula is C16H10FN3O2S. The van der Waals surface area contributed by atoms with Crippen molar-refractivity contribution in [2.45, 2.75) is 6.42 Å². The fourth-order valence-corrected chi connectivity index (χ4v) is 3.38. The predicted octanol–water partition coefficient (Wildman–Crippen LogP) is 3.18. The molecule has 0 spiro atoms. The van der Waals surface area contributed by atoms with Gasteiger partial charge >= 0.3 is 0 Å². The highest BCUT2D eigenvalue weighted by molar-refractivity contribution is 7.22. The highest BCUT2D eigenvalue weighted by Gasteiger charge is 2.19. The third-order valence-corrected chi connectivity index (χ3v) is 4.50. The molecule has 2 N–H and O–H groups in total. The van der Waals surface area contributed by atoms with Crippen LogP contribution in [0.5, 0.6) is 0 Å². The standard InChI is InChI=1S/C16H10FN3O2S/c17-10-2-4-12-13(7-10)23-16(19-12)20-15(22)8-1-3-11-9(5-8)6-14(21)18-11/h1-5,7H,6H2,(H,18,21)(H,19,20,22). The second-order valence-electron chi connectivity index (χ2n) is 5.18. The van der Waals surface area contributed by atoms with Crippen molar-refractivity contribution < 1.29 is 14.0 Å². The SMILES string of the molecule is O=C1Cc2cc(C(=O)Nc3nc4ccc(F)cc4s3)ccc2N1. The molecule has 1 aliphatic rings. The van der Waals surface area contributed by atoms with Gasteiger partial charge in [0.05, 0.1) is 16.6 Å². The van der Waals surface area contributed by atoms with Crippen molar-refractivity contribution in [2.75, 3.05) is 10.6 Å². The van der Waals surface area contributed by atoms with E-state index in [1.54, 1.807) is 24.3 Å². The molecule has 23 heavy (non-hydrogen) atoms. The van der Waals surface area contributed by atoms with E-state index in [2.05, 4.69) is 15.6 Å². The van der Waals surface area contributed by atoms with Gasteiger partial charge in [-0.25, -0.2) is 9.37 Å². The largest absolute Gasteiger partial charge is 0.326 e. The minimum atomic E-state index is -0.338. The van der Waals surface area contributed by atoms with Crippen molar-refractivity contribution in [1.82, 2.24) is 4.98 Å². The lowest BCUT2D eigenvalue weighted by Gasteiger charge is -2.04. The number of halogens is 1. The maximum atomic E-state index is 13.2. The van der Waals surface area contributed by atoms with Crippen molar-refractivity contribution in [3.05, 3.63) is 53.3 Å². The summed E-state index contributed by atoms with van der Waals surface area (Å²) in [5.74, 6) is -0.729. The van der Waals surface area contributed by atoms with Gasteiger partial charge in [-0.15, -0.1) is 0 Å². The molecule has 5 nitrogen and oxygen atoms in total. The monoisotopic (exact) mass is 327 g/mol. The molecule has 0 unspecified atom stereocenters. The molecule has 0 saturated heterocycles. The molecule has 1 aliphatic heterocycles. The lowest BCUT2D eigenvalue weighted by molar-refractivity contribution is -0.115. The molecule has 2 heterocycles. The number of anilines is 2. The van der Waals surface area contributed by atoms with Gasteiger partial charge in [0.1, 0.15) is 5.82 Å². The van der Waals surface area contributed by atoms with E-state index in [4.69, 9.17) is 0 Å². The Kier molecular flexibility index (Phi) is 3.09. The van der Waals surface area contributed by atoms with Crippen molar-refractivity contribution in [1.29, 1.82) is 0 Å². The molecule has 2 amide bonds. The number of amides is 2. The molecular weight excluding hydrogens is 317 g/mol. The van der Waals surface area contributed by atoms with Crippen LogP contribution >= 0.6 is 11.3 Å². The van der Waals surface area contributed by atoms with Crippen LogP contribution in [0.4, 0.5) is 15.2 Å². The van der Waals surface area contributed by atoms with E-state index < -0.39 is 0 Å². The molecule has 114 valence electrons. The summed E-state index contributed by atoms with van der Waals surface area (Å²) < 4.78 is 13.9. The summed E-state index contributed by atoms with van der Waals surface area (Å²) in [7, 11) is 0. The van der Waals surface area contributed by atoms with Crippen molar-refractivity contribution >= 4 is 44.2 Å². The Bertz CT molecular complexity index is 967. The number of fused-ring (bicyclic) bond motifs is 2. The summed E-state index contributed by atoms with van der Waals surface area (Å²) in [5, 5.41) is 5.84. The van der Waals surface area contributed by atoms with Crippen LogP contribution in [0.15, 0.2) is 36.4 Å². The molecule has 4 rings (SSSR count). The summed E-state index contributed by atoms with van der Waals surface area (Å²) in [4.78, 5) is 27.9. The molecule has 1 aromatic heterocycles. The van der Waals surface area contributed by atoms with E-state index in [-0.39, 0.29) is 24.1 Å². The summed E-state index contributed by atoms with van der Waals surface area (Å²) in [6.07, 6.45) is 0.275. The van der Waals surface area contributed by atoms with Gasteiger partial charge in [-0.2, -0.15) is 0 Å². The van der Waals surface area contributed by atoms with Crippen LogP contribution in [0, 0.1) is 5.82 Å². The van der Waals surface area contributed by atoms with Crippen LogP contribution in [-0.4, -0.2) is 16.8 Å². The van der Waals surface area contributed by atoms with Crippen molar-refractivity contribution in [2.24, 2.45) is 0 Å². The first-order valence-electron chi connectivity index (χ1n) is 6.89. The Morgan fingerprint density at radius 2 is 2.13 bits per heavy atom. The van der Waals surface area contributed by atoms with Gasteiger partial charge in [0.2, 0.25) is 5.91 Å². The van der Waals surface area contributed by atoms with Crippen LogP contribution in [-0.2, 0) is 11.2 Å². The summed E-state index contributed by atoms with van der Waals surface area (Å²) in [6.45, 7) is 0. The number of benzene rings is 2. The number of carbonyl (C=O) groups excluding carboxylic acids is 2. The van der Waals surface area contributed by atoms with Crippen LogP contribution in [0.3, 0.4) is 0 Å². The van der Waals surface area contributed by atoms with Gasteiger partial charge in [-0.05, 0) is 42.0 Å².